The van der Waals surface area contributed by atoms with Gasteiger partial charge in [-0.25, -0.2) is 0 Å². The van der Waals surface area contributed by atoms with E-state index in [-0.39, 0.29) is 17.8 Å². The van der Waals surface area contributed by atoms with Gasteiger partial charge in [0.2, 0.25) is 0 Å². The van der Waals surface area contributed by atoms with Gasteiger partial charge in [0.05, 0.1) is 11.8 Å². The third kappa shape index (κ3) is 13.1. The molecule has 0 fully saturated rings. The van der Waals surface area contributed by atoms with Crippen molar-refractivity contribution in [3.8, 4) is 0 Å². The molecule has 0 saturated heterocycles. The van der Waals surface area contributed by atoms with Crippen LogP contribution in [0.25, 0.3) is 0 Å². The molecule has 5 nitrogen and oxygen atoms in total. The molecular weight excluding hydrogens is 246 g/mol. The van der Waals surface area contributed by atoms with Gasteiger partial charge in [0.25, 0.3) is 0 Å². The number of carboxylic acids is 1. The minimum Gasteiger partial charge on any atom is -0.481 e. The molecule has 0 aliphatic rings. The molecule has 1 N–H and O–H groups in total. The van der Waals surface area contributed by atoms with E-state index in [1.807, 2.05) is 39.8 Å². The number of ether oxygens (including phenoxy) is 1. The van der Waals surface area contributed by atoms with Gasteiger partial charge in [-0.15, -0.1) is 0 Å². The topological polar surface area (TPSA) is 66.8 Å². The summed E-state index contributed by atoms with van der Waals surface area (Å²) in [6.45, 7) is 8.72. The second-order valence-electron chi connectivity index (χ2n) is 4.93. The highest BCUT2D eigenvalue weighted by Crippen LogP contribution is 2.02. The number of carbonyl (C=O) groups excluding carboxylic acids is 1. The number of hydrogen-bond donors (Lipinski definition) is 1. The summed E-state index contributed by atoms with van der Waals surface area (Å²) in [6, 6.07) is 0. The maximum Gasteiger partial charge on any atom is 0.308 e. The zero-order valence-corrected chi connectivity index (χ0v) is 13.1. The van der Waals surface area contributed by atoms with E-state index < -0.39 is 5.97 Å². The second-order valence-corrected chi connectivity index (χ2v) is 4.93. The van der Waals surface area contributed by atoms with Crippen LogP contribution in [0.3, 0.4) is 0 Å². The van der Waals surface area contributed by atoms with E-state index in [1.54, 1.807) is 6.92 Å². The van der Waals surface area contributed by atoms with Gasteiger partial charge in [-0.3, -0.25) is 9.59 Å². The Morgan fingerprint density at radius 1 is 1.11 bits per heavy atom. The molecule has 0 saturated carbocycles. The van der Waals surface area contributed by atoms with Crippen molar-refractivity contribution in [2.45, 2.75) is 40.5 Å². The molecule has 0 radical (unpaired) electrons. The second kappa shape index (κ2) is 12.0. The van der Waals surface area contributed by atoms with Gasteiger partial charge in [-0.05, 0) is 26.9 Å². The monoisotopic (exact) mass is 275 g/mol. The summed E-state index contributed by atoms with van der Waals surface area (Å²) in [5, 5.41) is 8.18. The zero-order valence-electron chi connectivity index (χ0n) is 13.1. The van der Waals surface area contributed by atoms with E-state index in [0.29, 0.717) is 6.61 Å². The number of nitrogens with zero attached hydrogens (tertiary/aromatic N) is 1. The Labute approximate surface area is 116 Å². The van der Waals surface area contributed by atoms with Crippen LogP contribution in [0.5, 0.6) is 0 Å². The summed E-state index contributed by atoms with van der Waals surface area (Å²) in [4.78, 5) is 23.0. The number of carboxylic acid groups (broad SMARTS) is 1. The zero-order chi connectivity index (χ0) is 15.4. The molecule has 0 aliphatic heterocycles. The summed E-state index contributed by atoms with van der Waals surface area (Å²) in [7, 11) is 3.91. The van der Waals surface area contributed by atoms with Crippen LogP contribution < -0.4 is 0 Å². The van der Waals surface area contributed by atoms with Crippen molar-refractivity contribution in [3.63, 3.8) is 0 Å². The first kappa shape index (κ1) is 20.2. The standard InChI is InChI=1S/C9H19NO2.C5H10O2/c1-5-8(2)9(11)12-7-6-10(3)4;1-3-4(2)5(6)7/h8H,5-7H2,1-4H3;4H,3H2,1-2H3,(H,6,7). The highest BCUT2D eigenvalue weighted by Gasteiger charge is 2.11. The minimum absolute atomic E-state index is 0.0344. The lowest BCUT2D eigenvalue weighted by molar-refractivity contribution is -0.148. The van der Waals surface area contributed by atoms with Gasteiger partial charge in [0, 0.05) is 6.54 Å². The molecular formula is C14H29NO4. The molecule has 19 heavy (non-hydrogen) atoms. The van der Waals surface area contributed by atoms with Crippen LogP contribution in [0.4, 0.5) is 0 Å². The maximum atomic E-state index is 11.1. The SMILES string of the molecule is CCC(C)C(=O)O.CCC(C)C(=O)OCCN(C)C. The predicted molar refractivity (Wildman–Crippen MR) is 76.1 cm³/mol. The highest BCUT2D eigenvalue weighted by atomic mass is 16.5. The average molecular weight is 275 g/mol. The van der Waals surface area contributed by atoms with Gasteiger partial charge < -0.3 is 14.7 Å². The first-order valence-corrected chi connectivity index (χ1v) is 6.80. The lowest BCUT2D eigenvalue weighted by Crippen LogP contribution is -2.22. The molecule has 2 unspecified atom stereocenters. The molecule has 114 valence electrons. The van der Waals surface area contributed by atoms with Crippen LogP contribution >= 0.6 is 0 Å². The number of esters is 1. The molecule has 0 aromatic carbocycles. The van der Waals surface area contributed by atoms with Gasteiger partial charge in [-0.1, -0.05) is 27.7 Å². The van der Waals surface area contributed by atoms with Crippen molar-refractivity contribution in [3.05, 3.63) is 0 Å². The number of hydrogen-bond acceptors (Lipinski definition) is 4. The molecule has 0 bridgehead atoms. The Balaban J connectivity index is 0. The van der Waals surface area contributed by atoms with Crippen LogP contribution in [0, 0.1) is 11.8 Å². The lowest BCUT2D eigenvalue weighted by Gasteiger charge is -2.12. The molecule has 5 heteroatoms. The maximum absolute atomic E-state index is 11.1. The van der Waals surface area contributed by atoms with Crippen LogP contribution in [0.2, 0.25) is 0 Å². The van der Waals surface area contributed by atoms with Gasteiger partial charge >= 0.3 is 11.9 Å². The van der Waals surface area contributed by atoms with E-state index in [4.69, 9.17) is 9.84 Å². The Hall–Kier alpha value is -1.10. The summed E-state index contributed by atoms with van der Waals surface area (Å²) < 4.78 is 5.02. The van der Waals surface area contributed by atoms with Crippen molar-refractivity contribution in [1.82, 2.24) is 4.90 Å². The predicted octanol–water partition coefficient (Wildman–Crippen LogP) is 2.25. The Kier molecular flexibility index (Phi) is 12.7. The van der Waals surface area contributed by atoms with Crippen molar-refractivity contribution in [2.24, 2.45) is 11.8 Å². The smallest absolute Gasteiger partial charge is 0.308 e. The van der Waals surface area contributed by atoms with Gasteiger partial charge in [0.1, 0.15) is 6.61 Å². The molecule has 2 atom stereocenters. The molecule has 0 aromatic rings. The molecule has 0 heterocycles. The lowest BCUT2D eigenvalue weighted by atomic mass is 10.1. The summed E-state index contributed by atoms with van der Waals surface area (Å²) in [5.41, 5.74) is 0. The van der Waals surface area contributed by atoms with Gasteiger partial charge in [-0.2, -0.15) is 0 Å². The van der Waals surface area contributed by atoms with Crippen LogP contribution in [-0.2, 0) is 14.3 Å². The van der Waals surface area contributed by atoms with E-state index >= 15 is 0 Å². The van der Waals surface area contributed by atoms with Crippen LogP contribution in [0.1, 0.15) is 40.5 Å². The Morgan fingerprint density at radius 3 is 1.84 bits per heavy atom. The third-order valence-electron chi connectivity index (χ3n) is 2.83. The number of likely N-dealkylation sites (N-methyl/N-ethyl adjacent to an activating group) is 1. The molecule has 0 rings (SSSR count). The first-order valence-electron chi connectivity index (χ1n) is 6.80. The van der Waals surface area contributed by atoms with E-state index in [2.05, 4.69) is 0 Å². The quantitative estimate of drug-likeness (QED) is 0.722. The van der Waals surface area contributed by atoms with E-state index in [1.165, 1.54) is 0 Å². The van der Waals surface area contributed by atoms with E-state index in [0.717, 1.165) is 19.4 Å². The molecule has 0 aliphatic carbocycles. The Bertz CT molecular complexity index is 254. The summed E-state index contributed by atoms with van der Waals surface area (Å²) in [5.74, 6) is -0.936. The Morgan fingerprint density at radius 2 is 1.58 bits per heavy atom. The van der Waals surface area contributed by atoms with Crippen LogP contribution in [-0.4, -0.2) is 49.2 Å². The molecule has 0 amide bonds. The average Bonchev–Trinajstić information content (AvgIpc) is 2.36. The van der Waals surface area contributed by atoms with E-state index in [9.17, 15) is 9.59 Å². The fourth-order valence-corrected chi connectivity index (χ4v) is 0.812. The number of rotatable bonds is 7. The van der Waals surface area contributed by atoms with Crippen molar-refractivity contribution >= 4 is 11.9 Å². The fourth-order valence-electron chi connectivity index (χ4n) is 0.812. The summed E-state index contributed by atoms with van der Waals surface area (Å²) in [6.07, 6.45) is 1.57. The van der Waals surface area contributed by atoms with Crippen LogP contribution in [0.15, 0.2) is 0 Å². The normalized spacial score (nSPS) is 13.2. The number of aliphatic carboxylic acids is 1. The molecule has 0 spiro atoms. The highest BCUT2D eigenvalue weighted by molar-refractivity contribution is 5.71. The summed E-state index contributed by atoms with van der Waals surface area (Å²) >= 11 is 0. The first-order chi connectivity index (χ1) is 8.76. The largest absolute Gasteiger partial charge is 0.481 e. The van der Waals surface area contributed by atoms with Crippen molar-refractivity contribution in [2.75, 3.05) is 27.2 Å². The van der Waals surface area contributed by atoms with Crippen molar-refractivity contribution in [1.29, 1.82) is 0 Å². The molecule has 0 aromatic heterocycles. The van der Waals surface area contributed by atoms with Gasteiger partial charge in [0.15, 0.2) is 0 Å². The number of carbonyl (C=O) groups is 2. The third-order valence-corrected chi connectivity index (χ3v) is 2.83. The fraction of sp³-hybridized carbons (Fsp3) is 0.857. The van der Waals surface area contributed by atoms with Crippen molar-refractivity contribution < 1.29 is 19.4 Å². The minimum atomic E-state index is -0.706.